The number of nitriles is 1. The summed E-state index contributed by atoms with van der Waals surface area (Å²) in [6, 6.07) is 10.7. The average molecular weight is 261 g/mol. The lowest BCUT2D eigenvalue weighted by molar-refractivity contribution is 0.252. The van der Waals surface area contributed by atoms with Crippen molar-refractivity contribution in [2.24, 2.45) is 0 Å². The predicted octanol–water partition coefficient (Wildman–Crippen LogP) is 2.27. The topological polar surface area (TPSA) is 39.1 Å². The first-order valence-electron chi connectivity index (χ1n) is 6.33. The van der Waals surface area contributed by atoms with E-state index >= 15 is 0 Å². The molecule has 1 saturated heterocycles. The molecule has 1 atom stereocenters. The van der Waals surface area contributed by atoms with Crippen molar-refractivity contribution in [1.82, 2.24) is 10.2 Å². The molecular weight excluding hydrogens is 242 g/mol. The molecule has 1 heterocycles. The molecule has 1 aliphatic rings. The van der Waals surface area contributed by atoms with Crippen molar-refractivity contribution in [3.8, 4) is 6.07 Å². The zero-order valence-electron chi connectivity index (χ0n) is 10.7. The van der Waals surface area contributed by atoms with Crippen LogP contribution >= 0.6 is 11.8 Å². The van der Waals surface area contributed by atoms with Gasteiger partial charge in [-0.05, 0) is 36.9 Å². The third kappa shape index (κ3) is 3.26. The predicted molar refractivity (Wildman–Crippen MR) is 75.6 cm³/mol. The molecule has 18 heavy (non-hydrogen) atoms. The first kappa shape index (κ1) is 13.4. The van der Waals surface area contributed by atoms with Crippen LogP contribution in [0.5, 0.6) is 0 Å². The Morgan fingerprint density at radius 3 is 2.72 bits per heavy atom. The summed E-state index contributed by atoms with van der Waals surface area (Å²) in [5.74, 6) is 0. The Morgan fingerprint density at radius 1 is 1.28 bits per heavy atom. The molecule has 0 radical (unpaired) electrons. The Labute approximate surface area is 113 Å². The molecule has 0 bridgehead atoms. The van der Waals surface area contributed by atoms with Gasteiger partial charge in [-0.1, -0.05) is 12.1 Å². The fourth-order valence-corrected chi connectivity index (χ4v) is 2.69. The van der Waals surface area contributed by atoms with Crippen molar-refractivity contribution in [3.63, 3.8) is 0 Å². The molecule has 2 rings (SSSR count). The molecule has 0 spiro atoms. The molecule has 1 aliphatic heterocycles. The van der Waals surface area contributed by atoms with Gasteiger partial charge in [-0.3, -0.25) is 4.90 Å². The highest BCUT2D eigenvalue weighted by Gasteiger charge is 2.20. The lowest BCUT2D eigenvalue weighted by Crippen LogP contribution is -2.31. The van der Waals surface area contributed by atoms with Crippen LogP contribution in [0.1, 0.15) is 18.0 Å². The molecule has 1 fully saturated rings. The summed E-state index contributed by atoms with van der Waals surface area (Å²) in [6.45, 7) is 3.97. The van der Waals surface area contributed by atoms with E-state index in [4.69, 9.17) is 0 Å². The van der Waals surface area contributed by atoms with Crippen LogP contribution in [-0.2, 0) is 0 Å². The van der Waals surface area contributed by atoms with Crippen LogP contribution in [0.3, 0.4) is 0 Å². The third-order valence-electron chi connectivity index (χ3n) is 3.29. The summed E-state index contributed by atoms with van der Waals surface area (Å²) in [6.07, 6.45) is 3.18. The van der Waals surface area contributed by atoms with Crippen LogP contribution in [0.2, 0.25) is 0 Å². The summed E-state index contributed by atoms with van der Waals surface area (Å²) in [5.41, 5.74) is 1.11. The Kier molecular flexibility index (Phi) is 5.06. The van der Waals surface area contributed by atoms with Crippen LogP contribution in [-0.4, -0.2) is 37.3 Å². The van der Waals surface area contributed by atoms with Crippen molar-refractivity contribution < 1.29 is 0 Å². The third-order valence-corrected chi connectivity index (χ3v) is 4.04. The molecule has 0 aliphatic carbocycles. The second kappa shape index (κ2) is 6.79. The highest BCUT2D eigenvalue weighted by molar-refractivity contribution is 7.98. The lowest BCUT2D eigenvalue weighted by Gasteiger charge is -2.25. The van der Waals surface area contributed by atoms with E-state index in [0.717, 1.165) is 38.2 Å². The minimum Gasteiger partial charge on any atom is -0.315 e. The molecule has 4 heteroatoms. The van der Waals surface area contributed by atoms with Gasteiger partial charge in [0.25, 0.3) is 0 Å². The maximum Gasteiger partial charge on any atom is 0.123 e. The maximum absolute atomic E-state index is 9.43. The van der Waals surface area contributed by atoms with Crippen LogP contribution in [0, 0.1) is 11.3 Å². The van der Waals surface area contributed by atoms with Gasteiger partial charge in [0.05, 0.1) is 6.07 Å². The molecule has 1 N–H and O–H groups in total. The number of hydrogen-bond acceptors (Lipinski definition) is 4. The van der Waals surface area contributed by atoms with E-state index in [1.165, 1.54) is 4.90 Å². The summed E-state index contributed by atoms with van der Waals surface area (Å²) in [7, 11) is 0. The first-order valence-corrected chi connectivity index (χ1v) is 7.56. The number of benzene rings is 1. The van der Waals surface area contributed by atoms with Crippen molar-refractivity contribution in [2.75, 3.05) is 32.4 Å². The average Bonchev–Trinajstić information content (AvgIpc) is 2.70. The standard InChI is InChI=1S/C14H19N3S/c1-18-13-5-3-12(4-6-13)14(11-15)17-9-2-7-16-8-10-17/h3-6,14,16H,2,7-10H2,1H3. The molecular formula is C14H19N3S. The molecule has 0 aromatic heterocycles. The fourth-order valence-electron chi connectivity index (χ4n) is 2.28. The van der Waals surface area contributed by atoms with Gasteiger partial charge in [-0.2, -0.15) is 5.26 Å². The quantitative estimate of drug-likeness (QED) is 0.847. The molecule has 0 amide bonds. The van der Waals surface area contributed by atoms with Crippen molar-refractivity contribution in [3.05, 3.63) is 29.8 Å². The van der Waals surface area contributed by atoms with Crippen molar-refractivity contribution in [1.29, 1.82) is 5.26 Å². The Morgan fingerprint density at radius 2 is 2.06 bits per heavy atom. The summed E-state index contributed by atoms with van der Waals surface area (Å²) >= 11 is 1.73. The Balaban J connectivity index is 2.13. The molecule has 1 aromatic carbocycles. The molecule has 0 saturated carbocycles. The van der Waals surface area contributed by atoms with Crippen LogP contribution in [0.15, 0.2) is 29.2 Å². The van der Waals surface area contributed by atoms with Gasteiger partial charge in [-0.15, -0.1) is 11.8 Å². The zero-order chi connectivity index (χ0) is 12.8. The minimum atomic E-state index is -0.110. The van der Waals surface area contributed by atoms with Crippen molar-refractivity contribution in [2.45, 2.75) is 17.4 Å². The summed E-state index contributed by atoms with van der Waals surface area (Å²) in [4.78, 5) is 3.52. The number of thioether (sulfide) groups is 1. The van der Waals surface area contributed by atoms with Gasteiger partial charge in [0.15, 0.2) is 0 Å². The fraction of sp³-hybridized carbons (Fsp3) is 0.500. The van der Waals surface area contributed by atoms with Crippen molar-refractivity contribution >= 4 is 11.8 Å². The second-order valence-corrected chi connectivity index (χ2v) is 5.32. The summed E-state index contributed by atoms with van der Waals surface area (Å²) in [5, 5.41) is 12.8. The SMILES string of the molecule is CSc1ccc(C(C#N)N2CCCNCC2)cc1. The number of rotatable bonds is 3. The molecule has 3 nitrogen and oxygen atoms in total. The van der Waals surface area contributed by atoms with Crippen LogP contribution in [0.25, 0.3) is 0 Å². The van der Waals surface area contributed by atoms with Gasteiger partial charge in [0.1, 0.15) is 6.04 Å². The smallest absolute Gasteiger partial charge is 0.123 e. The van der Waals surface area contributed by atoms with E-state index in [0.29, 0.717) is 0 Å². The molecule has 96 valence electrons. The van der Waals surface area contributed by atoms with Gasteiger partial charge in [0, 0.05) is 24.5 Å². The van der Waals surface area contributed by atoms with E-state index in [9.17, 15) is 5.26 Å². The largest absolute Gasteiger partial charge is 0.315 e. The van der Waals surface area contributed by atoms with Gasteiger partial charge >= 0.3 is 0 Å². The first-order chi connectivity index (χ1) is 8.85. The van der Waals surface area contributed by atoms with E-state index in [-0.39, 0.29) is 6.04 Å². The van der Waals surface area contributed by atoms with Gasteiger partial charge in [-0.25, -0.2) is 0 Å². The zero-order valence-corrected chi connectivity index (χ0v) is 11.5. The second-order valence-electron chi connectivity index (χ2n) is 4.44. The molecule has 1 unspecified atom stereocenters. The summed E-state index contributed by atoms with van der Waals surface area (Å²) < 4.78 is 0. The number of nitrogens with one attached hydrogen (secondary N) is 1. The Bertz CT molecular complexity index is 402. The van der Waals surface area contributed by atoms with Crippen LogP contribution in [0.4, 0.5) is 0 Å². The number of hydrogen-bond donors (Lipinski definition) is 1. The lowest BCUT2D eigenvalue weighted by atomic mass is 10.1. The van der Waals surface area contributed by atoms with Gasteiger partial charge < -0.3 is 5.32 Å². The van der Waals surface area contributed by atoms with Gasteiger partial charge in [0.2, 0.25) is 0 Å². The maximum atomic E-state index is 9.43. The highest BCUT2D eigenvalue weighted by atomic mass is 32.2. The molecule has 1 aromatic rings. The highest BCUT2D eigenvalue weighted by Crippen LogP contribution is 2.23. The Hall–Kier alpha value is -1.02. The van der Waals surface area contributed by atoms with E-state index in [2.05, 4.69) is 46.8 Å². The normalized spacial score (nSPS) is 18.9. The van der Waals surface area contributed by atoms with Crippen LogP contribution < -0.4 is 5.32 Å². The minimum absolute atomic E-state index is 0.110. The number of nitrogens with zero attached hydrogens (tertiary/aromatic N) is 2. The monoisotopic (exact) mass is 261 g/mol. The van der Waals surface area contributed by atoms with E-state index in [1.54, 1.807) is 11.8 Å². The van der Waals surface area contributed by atoms with E-state index in [1.807, 2.05) is 0 Å². The van der Waals surface area contributed by atoms with E-state index < -0.39 is 0 Å².